The van der Waals surface area contributed by atoms with E-state index >= 15 is 0 Å². The van der Waals surface area contributed by atoms with Crippen LogP contribution in [0.25, 0.3) is 0 Å². The Hall–Kier alpha value is -0.360. The average molecular weight is 334 g/mol. The van der Waals surface area contributed by atoms with Gasteiger partial charge in [-0.25, -0.2) is 0 Å². The van der Waals surface area contributed by atoms with Crippen molar-refractivity contribution in [3.8, 4) is 0 Å². The summed E-state index contributed by atoms with van der Waals surface area (Å²) in [6.45, 7) is 0.374. The molecule has 1 saturated carbocycles. The minimum absolute atomic E-state index is 0.131. The second-order valence-electron chi connectivity index (χ2n) is 6.28. The molecule has 23 heavy (non-hydrogen) atoms. The lowest BCUT2D eigenvalue weighted by Crippen LogP contribution is -2.71. The summed E-state index contributed by atoms with van der Waals surface area (Å²) in [5.41, 5.74) is 17.7. The van der Waals surface area contributed by atoms with Gasteiger partial charge in [-0.3, -0.25) is 0 Å². The van der Waals surface area contributed by atoms with Crippen LogP contribution in [0.1, 0.15) is 12.8 Å². The van der Waals surface area contributed by atoms with E-state index < -0.39 is 42.8 Å². The Labute approximate surface area is 136 Å². The monoisotopic (exact) mass is 334 g/mol. The number of likely N-dealkylation sites (N-methyl/N-ethyl adjacent to an activating group) is 1. The van der Waals surface area contributed by atoms with E-state index in [1.165, 1.54) is 7.11 Å². The van der Waals surface area contributed by atoms with Crippen LogP contribution in [0.4, 0.5) is 0 Å². The van der Waals surface area contributed by atoms with Crippen molar-refractivity contribution in [2.24, 2.45) is 17.2 Å². The number of hydrogen-bond donors (Lipinski definition) is 6. The molecule has 0 aromatic carbocycles. The zero-order valence-corrected chi connectivity index (χ0v) is 13.7. The number of aliphatic hydroxyl groups excluding tert-OH is 2. The fourth-order valence-corrected chi connectivity index (χ4v) is 3.38. The standard InChI is InChI=1S/C14H30N4O5/c1-18-9-11(20)12(8(17)10(19)13(9)21-2)23-14-7(16)4-3-6(5-15)22-14/h6-14,18-20H,3-5,15-17H2,1-2H3/t6-,7+,8+,9-,10-,11+,12+,13-,14+/m1/s1. The van der Waals surface area contributed by atoms with Gasteiger partial charge in [0.1, 0.15) is 12.2 Å². The molecule has 1 saturated heterocycles. The van der Waals surface area contributed by atoms with Crippen LogP contribution >= 0.6 is 0 Å². The summed E-state index contributed by atoms with van der Waals surface area (Å²) in [5, 5.41) is 23.9. The molecular weight excluding hydrogens is 304 g/mol. The van der Waals surface area contributed by atoms with Gasteiger partial charge in [0.25, 0.3) is 0 Å². The van der Waals surface area contributed by atoms with Crippen molar-refractivity contribution in [1.29, 1.82) is 0 Å². The molecule has 2 aliphatic rings. The highest BCUT2D eigenvalue weighted by Crippen LogP contribution is 2.28. The molecule has 9 heteroatoms. The number of methoxy groups -OCH3 is 1. The lowest BCUT2D eigenvalue weighted by atomic mass is 9.81. The minimum Gasteiger partial charge on any atom is -0.389 e. The third-order valence-corrected chi connectivity index (χ3v) is 4.83. The van der Waals surface area contributed by atoms with E-state index in [-0.39, 0.29) is 12.1 Å². The van der Waals surface area contributed by atoms with Gasteiger partial charge in [-0.1, -0.05) is 0 Å². The van der Waals surface area contributed by atoms with E-state index in [9.17, 15) is 10.2 Å². The number of nitrogens with one attached hydrogen (secondary N) is 1. The lowest BCUT2D eigenvalue weighted by molar-refractivity contribution is -0.259. The molecule has 0 unspecified atom stereocenters. The average Bonchev–Trinajstić information content (AvgIpc) is 2.56. The zero-order valence-electron chi connectivity index (χ0n) is 13.7. The highest BCUT2D eigenvalue weighted by molar-refractivity contribution is 5.05. The molecular formula is C14H30N4O5. The summed E-state index contributed by atoms with van der Waals surface area (Å²) >= 11 is 0. The maximum atomic E-state index is 10.6. The van der Waals surface area contributed by atoms with Gasteiger partial charge in [-0.15, -0.1) is 0 Å². The molecule has 0 aromatic rings. The number of hydrogen-bond acceptors (Lipinski definition) is 9. The first-order valence-corrected chi connectivity index (χ1v) is 8.02. The maximum Gasteiger partial charge on any atom is 0.173 e. The van der Waals surface area contributed by atoms with Crippen molar-refractivity contribution in [2.45, 2.75) is 67.8 Å². The summed E-state index contributed by atoms with van der Waals surface area (Å²) in [6.07, 6.45) is -2.80. The molecule has 0 spiro atoms. The topological polar surface area (TPSA) is 158 Å². The van der Waals surface area contributed by atoms with Crippen LogP contribution in [0.15, 0.2) is 0 Å². The van der Waals surface area contributed by atoms with Gasteiger partial charge in [-0.2, -0.15) is 0 Å². The molecule has 0 amide bonds. The fraction of sp³-hybridized carbons (Fsp3) is 1.00. The maximum absolute atomic E-state index is 10.6. The van der Waals surface area contributed by atoms with E-state index in [1.807, 2.05) is 0 Å². The summed E-state index contributed by atoms with van der Waals surface area (Å²) in [7, 11) is 3.14. The van der Waals surface area contributed by atoms with E-state index in [0.29, 0.717) is 13.0 Å². The molecule has 1 aliphatic carbocycles. The van der Waals surface area contributed by atoms with Gasteiger partial charge in [-0.05, 0) is 19.9 Å². The molecule has 1 heterocycles. The summed E-state index contributed by atoms with van der Waals surface area (Å²) in [5.74, 6) is 0. The Bertz CT molecular complexity index is 377. The molecule has 0 radical (unpaired) electrons. The van der Waals surface area contributed by atoms with Gasteiger partial charge in [0.05, 0.1) is 36.4 Å². The zero-order chi connectivity index (χ0) is 17.1. The van der Waals surface area contributed by atoms with Crippen LogP contribution in [-0.2, 0) is 14.2 Å². The third-order valence-electron chi connectivity index (χ3n) is 4.83. The van der Waals surface area contributed by atoms with E-state index in [0.717, 1.165) is 6.42 Å². The van der Waals surface area contributed by atoms with E-state index in [1.54, 1.807) is 7.05 Å². The summed E-state index contributed by atoms with van der Waals surface area (Å²) in [4.78, 5) is 0. The highest BCUT2D eigenvalue weighted by Gasteiger charge is 2.50. The second-order valence-corrected chi connectivity index (χ2v) is 6.28. The van der Waals surface area contributed by atoms with Crippen LogP contribution in [0.2, 0.25) is 0 Å². The van der Waals surface area contributed by atoms with Crippen LogP contribution < -0.4 is 22.5 Å². The first-order valence-electron chi connectivity index (χ1n) is 8.02. The number of nitrogens with two attached hydrogens (primary N) is 3. The molecule has 0 bridgehead atoms. The predicted molar refractivity (Wildman–Crippen MR) is 83.4 cm³/mol. The number of aliphatic hydroxyl groups is 2. The molecule has 9 atom stereocenters. The predicted octanol–water partition coefficient (Wildman–Crippen LogP) is -3.17. The van der Waals surface area contributed by atoms with Gasteiger partial charge in [0.2, 0.25) is 0 Å². The van der Waals surface area contributed by atoms with Crippen molar-refractivity contribution in [2.75, 3.05) is 20.7 Å². The van der Waals surface area contributed by atoms with Crippen LogP contribution in [0.5, 0.6) is 0 Å². The van der Waals surface area contributed by atoms with Crippen LogP contribution in [-0.4, -0.2) is 85.9 Å². The SMILES string of the molecule is CN[C@@H]1[C@H](O)[C@@H](O[C@@H]2O[C@@H](CN)CC[C@@H]2N)[C@@H](N)[C@@H](O)[C@@H]1OC. The van der Waals surface area contributed by atoms with E-state index in [4.69, 9.17) is 31.4 Å². The Morgan fingerprint density at radius 1 is 1.17 bits per heavy atom. The quantitative estimate of drug-likeness (QED) is 0.305. The smallest absolute Gasteiger partial charge is 0.173 e. The lowest BCUT2D eigenvalue weighted by Gasteiger charge is -2.47. The molecule has 136 valence electrons. The molecule has 9 nitrogen and oxygen atoms in total. The van der Waals surface area contributed by atoms with Gasteiger partial charge in [0, 0.05) is 13.7 Å². The first-order chi connectivity index (χ1) is 10.9. The largest absolute Gasteiger partial charge is 0.389 e. The van der Waals surface area contributed by atoms with Crippen LogP contribution in [0, 0.1) is 0 Å². The Kier molecular flexibility index (Phi) is 6.72. The Morgan fingerprint density at radius 2 is 1.87 bits per heavy atom. The van der Waals surface area contributed by atoms with E-state index in [2.05, 4.69) is 5.32 Å². The molecule has 9 N–H and O–H groups in total. The Morgan fingerprint density at radius 3 is 2.43 bits per heavy atom. The van der Waals surface area contributed by atoms with Crippen molar-refractivity contribution < 1.29 is 24.4 Å². The first kappa shape index (κ1) is 19.0. The van der Waals surface area contributed by atoms with Crippen molar-refractivity contribution in [1.82, 2.24) is 5.32 Å². The number of rotatable bonds is 5. The Balaban J connectivity index is 2.10. The van der Waals surface area contributed by atoms with Crippen molar-refractivity contribution in [3.05, 3.63) is 0 Å². The van der Waals surface area contributed by atoms with Crippen LogP contribution in [0.3, 0.4) is 0 Å². The van der Waals surface area contributed by atoms with Gasteiger partial charge in [0.15, 0.2) is 6.29 Å². The number of ether oxygens (including phenoxy) is 3. The normalized spacial score (nSPS) is 48.4. The minimum atomic E-state index is -0.990. The second kappa shape index (κ2) is 8.15. The van der Waals surface area contributed by atoms with Crippen molar-refractivity contribution >= 4 is 0 Å². The molecule has 2 rings (SSSR count). The molecule has 1 aliphatic heterocycles. The van der Waals surface area contributed by atoms with Gasteiger partial charge >= 0.3 is 0 Å². The third kappa shape index (κ3) is 3.84. The highest BCUT2D eigenvalue weighted by atomic mass is 16.7. The molecule has 2 fully saturated rings. The van der Waals surface area contributed by atoms with Crippen molar-refractivity contribution in [3.63, 3.8) is 0 Å². The van der Waals surface area contributed by atoms with Gasteiger partial charge < -0.3 is 46.9 Å². The fourth-order valence-electron chi connectivity index (χ4n) is 3.38. The summed E-state index contributed by atoms with van der Waals surface area (Å²) < 4.78 is 16.9. The molecule has 0 aromatic heterocycles. The summed E-state index contributed by atoms with van der Waals surface area (Å²) in [6, 6.07) is -1.68.